The van der Waals surface area contributed by atoms with Crippen LogP contribution in [0.4, 0.5) is 0 Å². The van der Waals surface area contributed by atoms with Gasteiger partial charge in [0.05, 0.1) is 5.54 Å². The molecule has 6 heteroatoms. The van der Waals surface area contributed by atoms with Crippen molar-refractivity contribution in [2.45, 2.75) is 31.3 Å². The minimum atomic E-state index is 0.0472. The molecule has 1 aliphatic carbocycles. The molecule has 1 atom stereocenters. The van der Waals surface area contributed by atoms with Crippen molar-refractivity contribution in [3.05, 3.63) is 0 Å². The first-order chi connectivity index (χ1) is 5.96. The van der Waals surface area contributed by atoms with Gasteiger partial charge in [0.1, 0.15) is 8.64 Å². The normalized spacial score (nSPS) is 20.2. The highest BCUT2D eigenvalue weighted by Gasteiger charge is 2.47. The van der Waals surface area contributed by atoms with Gasteiger partial charge in [-0.05, 0) is 19.8 Å². The SMILES string of the molecule is CC(NC(=S)S)C1(NC(=S)S)CC1. The second-order valence-electron chi connectivity index (χ2n) is 3.26. The number of nitrogens with one attached hydrogen (secondary N) is 2. The van der Waals surface area contributed by atoms with Crippen LogP contribution in [0.2, 0.25) is 0 Å². The van der Waals surface area contributed by atoms with Crippen LogP contribution in [0.25, 0.3) is 0 Å². The Bertz CT molecular complexity index is 237. The first-order valence-electron chi connectivity index (χ1n) is 3.97. The zero-order valence-corrected chi connectivity index (χ0v) is 10.6. The Morgan fingerprint density at radius 3 is 2.15 bits per heavy atom. The summed E-state index contributed by atoms with van der Waals surface area (Å²) in [5.74, 6) is 0. The standard InChI is InChI=1S/C7H12N2S4/c1-4(8-5(10)11)7(2-3-7)9-6(12)13/h4H,2-3H2,1H3,(H2,8,10,11)(H2,9,12,13). The zero-order chi connectivity index (χ0) is 10.1. The van der Waals surface area contributed by atoms with Gasteiger partial charge in [-0.2, -0.15) is 0 Å². The molecule has 74 valence electrons. The number of hydrogen-bond donors (Lipinski definition) is 4. The summed E-state index contributed by atoms with van der Waals surface area (Å²) >= 11 is 17.8. The van der Waals surface area contributed by atoms with Gasteiger partial charge in [0.25, 0.3) is 0 Å². The average Bonchev–Trinajstić information content (AvgIpc) is 2.66. The Kier molecular flexibility index (Phi) is 3.85. The van der Waals surface area contributed by atoms with Gasteiger partial charge in [-0.3, -0.25) is 0 Å². The minimum absolute atomic E-state index is 0.0472. The fourth-order valence-electron chi connectivity index (χ4n) is 1.34. The lowest BCUT2D eigenvalue weighted by Gasteiger charge is -2.25. The highest BCUT2D eigenvalue weighted by molar-refractivity contribution is 8.11. The molecule has 0 aromatic rings. The molecule has 0 aromatic heterocycles. The molecule has 13 heavy (non-hydrogen) atoms. The Labute approximate surface area is 100 Å². The Morgan fingerprint density at radius 1 is 1.31 bits per heavy atom. The van der Waals surface area contributed by atoms with Crippen LogP contribution in [0.1, 0.15) is 19.8 Å². The van der Waals surface area contributed by atoms with Gasteiger partial charge in [0, 0.05) is 6.04 Å². The largest absolute Gasteiger partial charge is 0.366 e. The number of thiol groups is 2. The summed E-state index contributed by atoms with van der Waals surface area (Å²) in [7, 11) is 0. The molecule has 0 spiro atoms. The van der Waals surface area contributed by atoms with E-state index in [9.17, 15) is 0 Å². The zero-order valence-electron chi connectivity index (χ0n) is 7.20. The van der Waals surface area contributed by atoms with E-state index in [0.717, 1.165) is 12.8 Å². The molecule has 2 N–H and O–H groups in total. The molecule has 0 radical (unpaired) electrons. The molecule has 1 fully saturated rings. The van der Waals surface area contributed by atoms with Crippen molar-refractivity contribution in [3.63, 3.8) is 0 Å². The van der Waals surface area contributed by atoms with Gasteiger partial charge >= 0.3 is 0 Å². The molecule has 0 bridgehead atoms. The maximum Gasteiger partial charge on any atom is 0.131 e. The van der Waals surface area contributed by atoms with Crippen LogP contribution in [0, 0.1) is 0 Å². The smallest absolute Gasteiger partial charge is 0.131 e. The van der Waals surface area contributed by atoms with E-state index < -0.39 is 0 Å². The van der Waals surface area contributed by atoms with Crippen LogP contribution >= 0.6 is 49.7 Å². The van der Waals surface area contributed by atoms with E-state index in [0.29, 0.717) is 8.64 Å². The van der Waals surface area contributed by atoms with Crippen molar-refractivity contribution in [1.29, 1.82) is 0 Å². The molecule has 1 aliphatic rings. The summed E-state index contributed by atoms with van der Waals surface area (Å²) in [4.78, 5) is 0. The molecule has 1 rings (SSSR count). The Hall–Kier alpha value is 0.480. The van der Waals surface area contributed by atoms with Gasteiger partial charge in [0.15, 0.2) is 0 Å². The molecule has 1 saturated carbocycles. The third-order valence-corrected chi connectivity index (χ3v) is 2.77. The number of hydrogen-bond acceptors (Lipinski definition) is 2. The summed E-state index contributed by atoms with van der Waals surface area (Å²) in [5, 5.41) is 6.27. The van der Waals surface area contributed by atoms with E-state index >= 15 is 0 Å². The molecular weight excluding hydrogens is 240 g/mol. The van der Waals surface area contributed by atoms with Crippen molar-refractivity contribution < 1.29 is 0 Å². The van der Waals surface area contributed by atoms with Crippen LogP contribution < -0.4 is 10.6 Å². The summed E-state index contributed by atoms with van der Waals surface area (Å²) in [6, 6.07) is 0.239. The maximum atomic E-state index is 4.89. The van der Waals surface area contributed by atoms with Gasteiger partial charge in [-0.1, -0.05) is 24.4 Å². The maximum absolute atomic E-state index is 4.89. The lowest BCUT2D eigenvalue weighted by molar-refractivity contribution is 0.473. The number of thiocarbonyl (C=S) groups is 2. The highest BCUT2D eigenvalue weighted by Crippen LogP contribution is 2.38. The van der Waals surface area contributed by atoms with Gasteiger partial charge < -0.3 is 10.6 Å². The molecule has 0 aromatic carbocycles. The van der Waals surface area contributed by atoms with E-state index in [-0.39, 0.29) is 11.6 Å². The summed E-state index contributed by atoms with van der Waals surface area (Å²) in [6.07, 6.45) is 2.19. The van der Waals surface area contributed by atoms with E-state index in [1.807, 2.05) is 0 Å². The van der Waals surface area contributed by atoms with Crippen LogP contribution in [0.5, 0.6) is 0 Å². The first-order valence-corrected chi connectivity index (χ1v) is 5.68. The molecule has 2 nitrogen and oxygen atoms in total. The lowest BCUT2D eigenvalue weighted by Crippen LogP contribution is -2.50. The predicted molar refractivity (Wildman–Crippen MR) is 70.9 cm³/mol. The third kappa shape index (κ3) is 3.27. The molecule has 0 heterocycles. The molecule has 1 unspecified atom stereocenters. The van der Waals surface area contributed by atoms with Gasteiger partial charge in [0.2, 0.25) is 0 Å². The fraction of sp³-hybridized carbons (Fsp3) is 0.714. The average molecular weight is 252 g/mol. The third-order valence-electron chi connectivity index (χ3n) is 2.31. The minimum Gasteiger partial charge on any atom is -0.366 e. The molecule has 0 saturated heterocycles. The molecular formula is C7H12N2S4. The Balaban J connectivity index is 2.49. The summed E-state index contributed by atoms with van der Waals surface area (Å²) in [5.41, 5.74) is 0.0472. The monoisotopic (exact) mass is 252 g/mol. The lowest BCUT2D eigenvalue weighted by atomic mass is 10.1. The highest BCUT2D eigenvalue weighted by atomic mass is 32.1. The number of rotatable bonds is 3. The van der Waals surface area contributed by atoms with Crippen molar-refractivity contribution in [1.82, 2.24) is 10.6 Å². The fourth-order valence-corrected chi connectivity index (χ4v) is 2.13. The van der Waals surface area contributed by atoms with E-state index in [1.165, 1.54) is 0 Å². The summed E-state index contributed by atoms with van der Waals surface area (Å²) in [6.45, 7) is 2.06. The van der Waals surface area contributed by atoms with Crippen molar-refractivity contribution in [3.8, 4) is 0 Å². The van der Waals surface area contributed by atoms with E-state index in [1.54, 1.807) is 0 Å². The van der Waals surface area contributed by atoms with E-state index in [4.69, 9.17) is 24.4 Å². The quantitative estimate of drug-likeness (QED) is 0.452. The van der Waals surface area contributed by atoms with Crippen LogP contribution in [0.15, 0.2) is 0 Å². The Morgan fingerprint density at radius 2 is 1.85 bits per heavy atom. The first kappa shape index (κ1) is 11.6. The van der Waals surface area contributed by atoms with Crippen LogP contribution in [-0.2, 0) is 0 Å². The molecule has 0 amide bonds. The van der Waals surface area contributed by atoms with Crippen LogP contribution in [0.3, 0.4) is 0 Å². The second kappa shape index (κ2) is 4.33. The van der Waals surface area contributed by atoms with Gasteiger partial charge in [-0.15, -0.1) is 25.3 Å². The van der Waals surface area contributed by atoms with Crippen LogP contribution in [-0.4, -0.2) is 20.2 Å². The second-order valence-corrected chi connectivity index (χ2v) is 5.57. The molecule has 0 aliphatic heterocycles. The predicted octanol–water partition coefficient (Wildman–Crippen LogP) is 1.52. The van der Waals surface area contributed by atoms with Crippen molar-refractivity contribution in [2.24, 2.45) is 0 Å². The summed E-state index contributed by atoms with van der Waals surface area (Å²) < 4.78 is 1.06. The van der Waals surface area contributed by atoms with Crippen molar-refractivity contribution in [2.75, 3.05) is 0 Å². The topological polar surface area (TPSA) is 24.1 Å². The van der Waals surface area contributed by atoms with Crippen molar-refractivity contribution >= 4 is 58.3 Å². The van der Waals surface area contributed by atoms with Gasteiger partial charge in [-0.25, -0.2) is 0 Å². The van der Waals surface area contributed by atoms with E-state index in [2.05, 4.69) is 42.8 Å².